The number of fused-ring (bicyclic) bond motifs is 2. The first-order valence-electron chi connectivity index (χ1n) is 7.32. The Morgan fingerprint density at radius 3 is 2.70 bits per heavy atom. The number of hydrogen-bond acceptors (Lipinski definition) is 3. The minimum Gasteiger partial charge on any atom is -0.312 e. The average Bonchev–Trinajstić information content (AvgIpc) is 3.07. The van der Waals surface area contributed by atoms with Gasteiger partial charge < -0.3 is 5.32 Å². The van der Waals surface area contributed by atoms with Gasteiger partial charge in [0.15, 0.2) is 9.84 Å². The van der Waals surface area contributed by atoms with Crippen molar-refractivity contribution < 1.29 is 8.42 Å². The molecule has 1 aromatic rings. The Hall–Kier alpha value is -0.870. The van der Waals surface area contributed by atoms with Crippen LogP contribution >= 0.6 is 0 Å². The Morgan fingerprint density at radius 2 is 2.00 bits per heavy atom. The highest BCUT2D eigenvalue weighted by atomic mass is 32.2. The fourth-order valence-electron chi connectivity index (χ4n) is 3.42. The van der Waals surface area contributed by atoms with E-state index in [1.165, 1.54) is 0 Å². The molecule has 1 aromatic carbocycles. The van der Waals surface area contributed by atoms with Crippen molar-refractivity contribution >= 4 is 9.84 Å². The van der Waals surface area contributed by atoms with Crippen LogP contribution in [0.15, 0.2) is 29.2 Å². The average molecular weight is 293 g/mol. The number of sulfone groups is 1. The molecule has 110 valence electrons. The van der Waals surface area contributed by atoms with E-state index in [2.05, 4.69) is 26.1 Å². The molecule has 2 atom stereocenters. The molecule has 1 saturated carbocycles. The molecule has 1 heterocycles. The van der Waals surface area contributed by atoms with E-state index in [-0.39, 0.29) is 11.0 Å². The van der Waals surface area contributed by atoms with Crippen LogP contribution < -0.4 is 5.32 Å². The van der Waals surface area contributed by atoms with Crippen molar-refractivity contribution in [2.45, 2.75) is 49.5 Å². The van der Waals surface area contributed by atoms with Crippen LogP contribution in [0.5, 0.6) is 0 Å². The molecule has 1 aliphatic heterocycles. The summed E-state index contributed by atoms with van der Waals surface area (Å²) in [6.07, 6.45) is 1.89. The van der Waals surface area contributed by atoms with Gasteiger partial charge in [0.25, 0.3) is 0 Å². The highest BCUT2D eigenvalue weighted by Gasteiger charge is 2.58. The topological polar surface area (TPSA) is 46.2 Å². The summed E-state index contributed by atoms with van der Waals surface area (Å²) >= 11 is 0. The summed E-state index contributed by atoms with van der Waals surface area (Å²) in [7, 11) is -3.06. The molecule has 0 bridgehead atoms. The maximum Gasteiger partial charge on any atom is 0.178 e. The minimum absolute atomic E-state index is 0.111. The van der Waals surface area contributed by atoms with E-state index in [1.807, 2.05) is 18.2 Å². The van der Waals surface area contributed by atoms with Gasteiger partial charge in [-0.1, -0.05) is 18.2 Å². The molecule has 20 heavy (non-hydrogen) atoms. The maximum absolute atomic E-state index is 12.2. The van der Waals surface area contributed by atoms with E-state index in [9.17, 15) is 8.42 Å². The lowest BCUT2D eigenvalue weighted by atomic mass is 9.89. The summed E-state index contributed by atoms with van der Waals surface area (Å²) in [5.41, 5.74) is 1.29. The van der Waals surface area contributed by atoms with E-state index in [1.54, 1.807) is 6.07 Å². The zero-order valence-corrected chi connectivity index (χ0v) is 13.3. The van der Waals surface area contributed by atoms with Gasteiger partial charge in [0, 0.05) is 11.0 Å². The molecule has 1 fully saturated rings. The monoisotopic (exact) mass is 293 g/mol. The van der Waals surface area contributed by atoms with E-state index in [4.69, 9.17) is 0 Å². The van der Waals surface area contributed by atoms with Crippen LogP contribution in [0.2, 0.25) is 0 Å². The fourth-order valence-corrected chi connectivity index (χ4v) is 5.17. The lowest BCUT2D eigenvalue weighted by molar-refractivity contribution is 0.399. The quantitative estimate of drug-likeness (QED) is 0.911. The van der Waals surface area contributed by atoms with E-state index < -0.39 is 9.84 Å². The number of rotatable bonds is 2. The molecule has 4 heteroatoms. The van der Waals surface area contributed by atoms with Crippen LogP contribution in [0.4, 0.5) is 0 Å². The number of nitrogens with one attached hydrogen (secondary N) is 1. The van der Waals surface area contributed by atoms with Gasteiger partial charge in [-0.3, -0.25) is 0 Å². The largest absolute Gasteiger partial charge is 0.312 e. The van der Waals surface area contributed by atoms with Crippen molar-refractivity contribution in [2.24, 2.45) is 5.92 Å². The maximum atomic E-state index is 12.2. The van der Waals surface area contributed by atoms with Crippen LogP contribution in [0.1, 0.15) is 39.2 Å². The molecule has 3 nitrogen and oxygen atoms in total. The van der Waals surface area contributed by atoms with E-state index in [0.29, 0.717) is 16.6 Å². The van der Waals surface area contributed by atoms with Crippen LogP contribution in [-0.4, -0.2) is 26.3 Å². The molecular weight excluding hydrogens is 270 g/mol. The predicted molar refractivity (Wildman–Crippen MR) is 80.7 cm³/mol. The van der Waals surface area contributed by atoms with Crippen LogP contribution in [0.3, 0.4) is 0 Å². The SMILES string of the molecule is CC(C)(C)NCC1CC12CCS(=O)(=O)c1ccccc12. The third-order valence-electron chi connectivity index (χ3n) is 4.69. The highest BCUT2D eigenvalue weighted by Crippen LogP contribution is 2.60. The minimum atomic E-state index is -3.06. The Labute approximate surface area is 121 Å². The first-order valence-corrected chi connectivity index (χ1v) is 8.97. The number of hydrogen-bond donors (Lipinski definition) is 1. The summed E-state index contributed by atoms with van der Waals surface area (Å²) in [6, 6.07) is 7.59. The van der Waals surface area contributed by atoms with E-state index >= 15 is 0 Å². The molecule has 0 saturated heterocycles. The molecule has 1 spiro atoms. The Kier molecular flexibility index (Phi) is 3.04. The summed E-state index contributed by atoms with van der Waals surface area (Å²) in [4.78, 5) is 0.574. The molecule has 0 amide bonds. The van der Waals surface area contributed by atoms with Gasteiger partial charge in [-0.05, 0) is 57.7 Å². The smallest absolute Gasteiger partial charge is 0.178 e. The Morgan fingerprint density at radius 1 is 1.30 bits per heavy atom. The third kappa shape index (κ3) is 2.29. The second kappa shape index (κ2) is 4.31. The van der Waals surface area contributed by atoms with Crippen LogP contribution in [0.25, 0.3) is 0 Å². The first-order chi connectivity index (χ1) is 9.25. The lowest BCUT2D eigenvalue weighted by Crippen LogP contribution is -2.38. The normalized spacial score (nSPS) is 31.1. The second-order valence-corrected chi connectivity index (χ2v) is 9.33. The molecule has 0 radical (unpaired) electrons. The molecule has 1 aliphatic carbocycles. The van der Waals surface area contributed by atoms with Gasteiger partial charge in [-0.25, -0.2) is 8.42 Å². The Bertz CT molecular complexity index is 630. The van der Waals surface area contributed by atoms with Gasteiger partial charge >= 0.3 is 0 Å². The first kappa shape index (κ1) is 14.1. The van der Waals surface area contributed by atoms with Gasteiger partial charge in [0.05, 0.1) is 10.6 Å². The molecule has 0 aromatic heterocycles. The zero-order chi connectivity index (χ0) is 14.6. The fraction of sp³-hybridized carbons (Fsp3) is 0.625. The van der Waals surface area contributed by atoms with Crippen molar-refractivity contribution in [3.8, 4) is 0 Å². The summed E-state index contributed by atoms with van der Waals surface area (Å²) < 4.78 is 24.4. The van der Waals surface area contributed by atoms with Crippen molar-refractivity contribution in [3.63, 3.8) is 0 Å². The second-order valence-electron chi connectivity index (χ2n) is 7.25. The standard InChI is InChI=1S/C16H23NO2S/c1-15(2,3)17-11-12-10-16(12)8-9-20(18,19)14-7-5-4-6-13(14)16/h4-7,12,17H,8-11H2,1-3H3. The molecule has 2 aliphatic rings. The van der Waals surface area contributed by atoms with Gasteiger partial charge in [-0.2, -0.15) is 0 Å². The summed E-state index contributed by atoms with van der Waals surface area (Å²) in [5.74, 6) is 0.870. The zero-order valence-electron chi connectivity index (χ0n) is 12.4. The lowest BCUT2D eigenvalue weighted by Gasteiger charge is -2.28. The van der Waals surface area contributed by atoms with Gasteiger partial charge in [-0.15, -0.1) is 0 Å². The molecule has 1 N–H and O–H groups in total. The summed E-state index contributed by atoms with van der Waals surface area (Å²) in [6.45, 7) is 7.47. The van der Waals surface area contributed by atoms with Crippen LogP contribution in [0, 0.1) is 5.92 Å². The molecule has 2 unspecified atom stereocenters. The summed E-state index contributed by atoms with van der Waals surface area (Å²) in [5, 5.41) is 3.56. The van der Waals surface area contributed by atoms with E-state index in [0.717, 1.165) is 24.9 Å². The molecular formula is C16H23NO2S. The molecule has 3 rings (SSSR count). The predicted octanol–water partition coefficient (Wildman–Crippen LogP) is 2.51. The van der Waals surface area contributed by atoms with Gasteiger partial charge in [0.2, 0.25) is 0 Å². The highest BCUT2D eigenvalue weighted by molar-refractivity contribution is 7.91. The van der Waals surface area contributed by atoms with Crippen molar-refractivity contribution in [3.05, 3.63) is 29.8 Å². The van der Waals surface area contributed by atoms with Crippen molar-refractivity contribution in [2.75, 3.05) is 12.3 Å². The van der Waals surface area contributed by atoms with Crippen LogP contribution in [-0.2, 0) is 15.3 Å². The van der Waals surface area contributed by atoms with Crippen molar-refractivity contribution in [1.29, 1.82) is 0 Å². The third-order valence-corrected chi connectivity index (χ3v) is 6.45. The Balaban J connectivity index is 1.87. The number of benzene rings is 1. The van der Waals surface area contributed by atoms with Gasteiger partial charge in [0.1, 0.15) is 0 Å². The van der Waals surface area contributed by atoms with Crippen molar-refractivity contribution in [1.82, 2.24) is 5.32 Å².